The predicted molar refractivity (Wildman–Crippen MR) is 74.9 cm³/mol. The first kappa shape index (κ1) is 16.4. The number of nitrogens with one attached hydrogen (secondary N) is 2. The van der Waals surface area contributed by atoms with Crippen molar-refractivity contribution in [1.29, 1.82) is 0 Å². The first-order valence-electron chi connectivity index (χ1n) is 7.98. The van der Waals surface area contributed by atoms with Crippen LogP contribution in [0.15, 0.2) is 0 Å². The van der Waals surface area contributed by atoms with Gasteiger partial charge in [-0.2, -0.15) is 13.2 Å². The molecule has 2 rings (SSSR count). The molecular weight excluding hydrogens is 281 g/mol. The zero-order valence-corrected chi connectivity index (χ0v) is 12.5. The van der Waals surface area contributed by atoms with Gasteiger partial charge >= 0.3 is 12.2 Å². The highest BCUT2D eigenvalue weighted by Crippen LogP contribution is 2.37. The van der Waals surface area contributed by atoms with Gasteiger partial charge < -0.3 is 10.6 Å². The van der Waals surface area contributed by atoms with Crippen LogP contribution in [0.5, 0.6) is 0 Å². The van der Waals surface area contributed by atoms with Crippen molar-refractivity contribution in [2.45, 2.75) is 76.6 Å². The summed E-state index contributed by atoms with van der Waals surface area (Å²) in [5, 5.41) is 5.64. The third-order valence-electron chi connectivity index (χ3n) is 4.82. The molecule has 6 heteroatoms. The monoisotopic (exact) mass is 306 g/mol. The number of amides is 2. The Morgan fingerprint density at radius 2 is 1.57 bits per heavy atom. The van der Waals surface area contributed by atoms with Crippen molar-refractivity contribution in [2.24, 2.45) is 11.8 Å². The van der Waals surface area contributed by atoms with E-state index in [1.165, 1.54) is 0 Å². The number of alkyl halides is 3. The van der Waals surface area contributed by atoms with Gasteiger partial charge in [0, 0.05) is 12.1 Å². The molecule has 0 saturated heterocycles. The Bertz CT molecular complexity index is 351. The molecule has 0 radical (unpaired) electrons. The molecule has 2 amide bonds. The number of rotatable bonds is 2. The largest absolute Gasteiger partial charge is 0.391 e. The van der Waals surface area contributed by atoms with Crippen molar-refractivity contribution in [2.75, 3.05) is 0 Å². The minimum Gasteiger partial charge on any atom is -0.335 e. The van der Waals surface area contributed by atoms with E-state index in [9.17, 15) is 18.0 Å². The van der Waals surface area contributed by atoms with Gasteiger partial charge in [0.2, 0.25) is 0 Å². The fourth-order valence-electron chi connectivity index (χ4n) is 3.44. The minimum atomic E-state index is -4.14. The minimum absolute atomic E-state index is 0.0125. The lowest BCUT2D eigenvalue weighted by Gasteiger charge is -2.32. The Labute approximate surface area is 124 Å². The van der Waals surface area contributed by atoms with E-state index in [1.54, 1.807) is 0 Å². The van der Waals surface area contributed by atoms with Crippen LogP contribution in [-0.2, 0) is 0 Å². The Hall–Kier alpha value is -0.940. The average Bonchev–Trinajstić information content (AvgIpc) is 2.41. The summed E-state index contributed by atoms with van der Waals surface area (Å²) >= 11 is 0. The van der Waals surface area contributed by atoms with Crippen LogP contribution in [0, 0.1) is 11.8 Å². The van der Waals surface area contributed by atoms with Crippen LogP contribution in [0.1, 0.15) is 58.3 Å². The number of urea groups is 1. The molecule has 0 aliphatic heterocycles. The lowest BCUT2D eigenvalue weighted by atomic mass is 9.85. The van der Waals surface area contributed by atoms with Crippen LogP contribution in [-0.4, -0.2) is 24.3 Å². The maximum absolute atomic E-state index is 12.7. The fraction of sp³-hybridized carbons (Fsp3) is 0.933. The molecular formula is C15H25F3N2O. The number of hydrogen-bond acceptors (Lipinski definition) is 1. The van der Waals surface area contributed by atoms with Crippen molar-refractivity contribution in [3.05, 3.63) is 0 Å². The summed E-state index contributed by atoms with van der Waals surface area (Å²) in [6.45, 7) is 2.20. The average molecular weight is 306 g/mol. The van der Waals surface area contributed by atoms with Crippen LogP contribution in [0.3, 0.4) is 0 Å². The van der Waals surface area contributed by atoms with Crippen LogP contribution >= 0.6 is 0 Å². The molecule has 21 heavy (non-hydrogen) atoms. The third-order valence-corrected chi connectivity index (χ3v) is 4.82. The summed E-state index contributed by atoms with van der Waals surface area (Å²) in [6.07, 6.45) is 1.35. The highest BCUT2D eigenvalue weighted by Gasteiger charge is 2.42. The van der Waals surface area contributed by atoms with E-state index in [0.717, 1.165) is 25.7 Å². The highest BCUT2D eigenvalue weighted by molar-refractivity contribution is 5.74. The Kier molecular flexibility index (Phi) is 5.38. The summed E-state index contributed by atoms with van der Waals surface area (Å²) < 4.78 is 38.2. The van der Waals surface area contributed by atoms with Crippen molar-refractivity contribution < 1.29 is 18.0 Å². The molecule has 2 atom stereocenters. The van der Waals surface area contributed by atoms with Crippen LogP contribution in [0.2, 0.25) is 0 Å². The van der Waals surface area contributed by atoms with Crippen LogP contribution < -0.4 is 10.6 Å². The molecule has 2 N–H and O–H groups in total. The van der Waals surface area contributed by atoms with E-state index in [0.29, 0.717) is 18.8 Å². The van der Waals surface area contributed by atoms with Gasteiger partial charge in [0.05, 0.1) is 5.92 Å². The molecule has 0 heterocycles. The van der Waals surface area contributed by atoms with Gasteiger partial charge in [-0.3, -0.25) is 0 Å². The topological polar surface area (TPSA) is 41.1 Å². The third kappa shape index (κ3) is 5.08. The summed E-state index contributed by atoms with van der Waals surface area (Å²) in [4.78, 5) is 11.9. The fourth-order valence-corrected chi connectivity index (χ4v) is 3.44. The van der Waals surface area contributed by atoms with Gasteiger partial charge in [-0.05, 0) is 50.9 Å². The maximum atomic E-state index is 12.7. The Morgan fingerprint density at radius 3 is 2.19 bits per heavy atom. The second-order valence-corrected chi connectivity index (χ2v) is 6.68. The van der Waals surface area contributed by atoms with Crippen LogP contribution in [0.25, 0.3) is 0 Å². The second kappa shape index (κ2) is 6.88. The van der Waals surface area contributed by atoms with E-state index in [2.05, 4.69) is 17.6 Å². The van der Waals surface area contributed by atoms with Gasteiger partial charge in [-0.25, -0.2) is 4.79 Å². The Morgan fingerprint density at radius 1 is 0.952 bits per heavy atom. The van der Waals surface area contributed by atoms with Gasteiger partial charge in [0.25, 0.3) is 0 Å². The number of carbonyl (C=O) groups is 1. The molecule has 0 aromatic heterocycles. The summed E-state index contributed by atoms with van der Waals surface area (Å²) in [5.74, 6) is -0.566. The number of halogens is 3. The molecule has 2 fully saturated rings. The van der Waals surface area contributed by atoms with E-state index >= 15 is 0 Å². The first-order valence-corrected chi connectivity index (χ1v) is 7.98. The highest BCUT2D eigenvalue weighted by atomic mass is 19.4. The van der Waals surface area contributed by atoms with Crippen molar-refractivity contribution in [3.63, 3.8) is 0 Å². The SMILES string of the molecule is CC1CCC(NC(=O)N[C@H]2CCC[C@H](C(F)(F)F)C2)CC1. The zero-order chi connectivity index (χ0) is 15.5. The quantitative estimate of drug-likeness (QED) is 0.796. The summed E-state index contributed by atoms with van der Waals surface area (Å²) in [5.41, 5.74) is 0. The van der Waals surface area contributed by atoms with E-state index < -0.39 is 12.1 Å². The molecule has 2 aliphatic carbocycles. The smallest absolute Gasteiger partial charge is 0.335 e. The van der Waals surface area contributed by atoms with Crippen molar-refractivity contribution in [3.8, 4) is 0 Å². The summed E-state index contributed by atoms with van der Waals surface area (Å²) in [6, 6.07) is -0.488. The Balaban J connectivity index is 1.74. The standard InChI is InChI=1S/C15H25F3N2O/c1-10-5-7-12(8-6-10)19-14(21)20-13-4-2-3-11(9-13)15(16,17)18/h10-13H,2-9H2,1H3,(H2,19,20,21)/t10?,11-,12?,13-/m0/s1. The predicted octanol–water partition coefficient (Wildman–Crippen LogP) is 3.99. The van der Waals surface area contributed by atoms with Crippen molar-refractivity contribution in [1.82, 2.24) is 10.6 Å². The van der Waals surface area contributed by atoms with E-state index in [4.69, 9.17) is 0 Å². The maximum Gasteiger partial charge on any atom is 0.391 e. The van der Waals surface area contributed by atoms with Crippen LogP contribution in [0.4, 0.5) is 18.0 Å². The normalized spacial score (nSPS) is 34.3. The molecule has 0 bridgehead atoms. The van der Waals surface area contributed by atoms with E-state index in [1.807, 2.05) is 0 Å². The van der Waals surface area contributed by atoms with E-state index in [-0.39, 0.29) is 31.0 Å². The summed E-state index contributed by atoms with van der Waals surface area (Å²) in [7, 11) is 0. The van der Waals surface area contributed by atoms with Gasteiger partial charge in [0.1, 0.15) is 0 Å². The molecule has 2 saturated carbocycles. The molecule has 3 nitrogen and oxygen atoms in total. The lowest BCUT2D eigenvalue weighted by molar-refractivity contribution is -0.183. The zero-order valence-electron chi connectivity index (χ0n) is 12.5. The second-order valence-electron chi connectivity index (χ2n) is 6.68. The first-order chi connectivity index (χ1) is 9.84. The molecule has 2 aliphatic rings. The molecule has 122 valence electrons. The number of hydrogen-bond donors (Lipinski definition) is 2. The molecule has 0 aromatic rings. The molecule has 0 spiro atoms. The van der Waals surface area contributed by atoms with Gasteiger partial charge in [-0.15, -0.1) is 0 Å². The van der Waals surface area contributed by atoms with Gasteiger partial charge in [-0.1, -0.05) is 13.3 Å². The van der Waals surface area contributed by atoms with Gasteiger partial charge in [0.15, 0.2) is 0 Å². The molecule has 0 unspecified atom stereocenters. The van der Waals surface area contributed by atoms with Crippen molar-refractivity contribution >= 4 is 6.03 Å². The number of carbonyl (C=O) groups excluding carboxylic acids is 1. The molecule has 0 aromatic carbocycles. The lowest BCUT2D eigenvalue weighted by Crippen LogP contribution is -2.49.